The summed E-state index contributed by atoms with van der Waals surface area (Å²) in [5.41, 5.74) is 6.48. The van der Waals surface area contributed by atoms with Crippen LogP contribution >= 0.6 is 0 Å². The average molecular weight is 221 g/mol. The monoisotopic (exact) mass is 221 g/mol. The molecule has 0 aliphatic carbocycles. The third kappa shape index (κ3) is 2.98. The maximum atomic E-state index is 5.56. The zero-order valence-electron chi connectivity index (χ0n) is 9.76. The van der Waals surface area contributed by atoms with Crippen LogP contribution in [-0.4, -0.2) is 53.0 Å². The van der Waals surface area contributed by atoms with Crippen LogP contribution in [0.15, 0.2) is 12.3 Å². The van der Waals surface area contributed by atoms with Crippen LogP contribution < -0.4 is 5.73 Å². The minimum atomic E-state index is 0.484. The van der Waals surface area contributed by atoms with Crippen LogP contribution in [0, 0.1) is 0 Å². The Morgan fingerprint density at radius 2 is 2.06 bits per heavy atom. The summed E-state index contributed by atoms with van der Waals surface area (Å²) in [6.07, 6.45) is 1.79. The Morgan fingerprint density at radius 3 is 2.75 bits per heavy atom. The van der Waals surface area contributed by atoms with Crippen molar-refractivity contribution in [3.05, 3.63) is 23.8 Å². The summed E-state index contributed by atoms with van der Waals surface area (Å²) in [6, 6.07) is 1.87. The molecule has 2 rings (SSSR count). The van der Waals surface area contributed by atoms with E-state index in [2.05, 4.69) is 26.8 Å². The van der Waals surface area contributed by atoms with Crippen LogP contribution in [0.2, 0.25) is 0 Å². The van der Waals surface area contributed by atoms with Gasteiger partial charge in [-0.25, -0.2) is 9.97 Å². The lowest BCUT2D eigenvalue weighted by atomic mass is 10.3. The van der Waals surface area contributed by atoms with E-state index in [1.54, 1.807) is 6.20 Å². The van der Waals surface area contributed by atoms with E-state index in [1.165, 1.54) is 0 Å². The first kappa shape index (κ1) is 11.4. The van der Waals surface area contributed by atoms with Crippen molar-refractivity contribution in [3.63, 3.8) is 0 Å². The van der Waals surface area contributed by atoms with E-state index in [-0.39, 0.29) is 0 Å². The lowest BCUT2D eigenvalue weighted by Crippen LogP contribution is -2.44. The molecule has 0 unspecified atom stereocenters. The molecule has 2 heterocycles. The zero-order chi connectivity index (χ0) is 11.4. The first-order valence-electron chi connectivity index (χ1n) is 5.69. The van der Waals surface area contributed by atoms with Gasteiger partial charge in [0.1, 0.15) is 5.82 Å². The topological polar surface area (TPSA) is 58.3 Å². The highest BCUT2D eigenvalue weighted by molar-refractivity contribution is 5.01. The third-order valence-electron chi connectivity index (χ3n) is 2.93. The van der Waals surface area contributed by atoms with Gasteiger partial charge in [0.2, 0.25) is 0 Å². The average Bonchev–Trinajstić information content (AvgIpc) is 2.32. The van der Waals surface area contributed by atoms with Gasteiger partial charge < -0.3 is 10.6 Å². The van der Waals surface area contributed by atoms with Crippen molar-refractivity contribution < 1.29 is 0 Å². The quantitative estimate of drug-likeness (QED) is 0.758. The number of aromatic nitrogens is 2. The van der Waals surface area contributed by atoms with Gasteiger partial charge in [0.05, 0.1) is 12.2 Å². The van der Waals surface area contributed by atoms with Gasteiger partial charge in [-0.1, -0.05) is 0 Å². The van der Waals surface area contributed by atoms with Gasteiger partial charge in [-0.05, 0) is 13.1 Å². The second-order valence-corrected chi connectivity index (χ2v) is 4.25. The molecule has 0 spiro atoms. The molecule has 1 aromatic rings. The lowest BCUT2D eigenvalue weighted by Gasteiger charge is -2.31. The first-order valence-corrected chi connectivity index (χ1v) is 5.69. The van der Waals surface area contributed by atoms with Gasteiger partial charge >= 0.3 is 0 Å². The Labute approximate surface area is 96.3 Å². The van der Waals surface area contributed by atoms with Gasteiger partial charge in [-0.2, -0.15) is 0 Å². The lowest BCUT2D eigenvalue weighted by molar-refractivity contribution is 0.145. The molecule has 2 N–H and O–H groups in total. The minimum Gasteiger partial charge on any atom is -0.325 e. The Kier molecular flexibility index (Phi) is 3.82. The summed E-state index contributed by atoms with van der Waals surface area (Å²) in [4.78, 5) is 13.4. The van der Waals surface area contributed by atoms with Crippen LogP contribution in [0.3, 0.4) is 0 Å². The molecule has 0 saturated carbocycles. The van der Waals surface area contributed by atoms with Crippen LogP contribution in [0.5, 0.6) is 0 Å². The zero-order valence-corrected chi connectivity index (χ0v) is 9.76. The van der Waals surface area contributed by atoms with E-state index >= 15 is 0 Å². The van der Waals surface area contributed by atoms with Crippen molar-refractivity contribution in [2.75, 3.05) is 33.2 Å². The fourth-order valence-electron chi connectivity index (χ4n) is 1.84. The number of nitrogens with zero attached hydrogens (tertiary/aromatic N) is 4. The molecular weight excluding hydrogens is 202 g/mol. The molecule has 5 nitrogen and oxygen atoms in total. The van der Waals surface area contributed by atoms with Crippen LogP contribution in [0.4, 0.5) is 0 Å². The third-order valence-corrected chi connectivity index (χ3v) is 2.93. The van der Waals surface area contributed by atoms with E-state index in [1.807, 2.05) is 6.07 Å². The van der Waals surface area contributed by atoms with E-state index in [0.29, 0.717) is 6.54 Å². The van der Waals surface area contributed by atoms with Crippen molar-refractivity contribution >= 4 is 0 Å². The number of hydrogen-bond donors (Lipinski definition) is 1. The smallest absolute Gasteiger partial charge is 0.142 e. The van der Waals surface area contributed by atoms with Gasteiger partial charge in [0, 0.05) is 38.9 Å². The van der Waals surface area contributed by atoms with Crippen LogP contribution in [-0.2, 0) is 13.1 Å². The maximum Gasteiger partial charge on any atom is 0.142 e. The molecule has 1 aromatic heterocycles. The van der Waals surface area contributed by atoms with Crippen molar-refractivity contribution in [1.82, 2.24) is 19.8 Å². The minimum absolute atomic E-state index is 0.484. The molecule has 1 aliphatic rings. The summed E-state index contributed by atoms with van der Waals surface area (Å²) in [7, 11) is 2.16. The fourth-order valence-corrected chi connectivity index (χ4v) is 1.84. The molecule has 1 fully saturated rings. The standard InChI is InChI=1S/C11H19N5/c1-15-4-6-16(7-5-15)9-11-13-3-2-10(8-12)14-11/h2-3H,4-9,12H2,1H3. The number of likely N-dealkylation sites (N-methyl/N-ethyl adjacent to an activating group) is 1. The molecule has 1 aliphatic heterocycles. The predicted octanol–water partition coefficient (Wildman–Crippen LogP) is -0.317. The van der Waals surface area contributed by atoms with Crippen molar-refractivity contribution in [1.29, 1.82) is 0 Å². The highest BCUT2D eigenvalue weighted by Crippen LogP contribution is 2.04. The van der Waals surface area contributed by atoms with E-state index in [9.17, 15) is 0 Å². The highest BCUT2D eigenvalue weighted by atomic mass is 15.3. The highest BCUT2D eigenvalue weighted by Gasteiger charge is 2.14. The van der Waals surface area contributed by atoms with Crippen molar-refractivity contribution in [2.45, 2.75) is 13.1 Å². The maximum absolute atomic E-state index is 5.56. The number of rotatable bonds is 3. The largest absolute Gasteiger partial charge is 0.325 e. The summed E-state index contributed by atoms with van der Waals surface area (Å²) in [5, 5.41) is 0. The molecule has 0 aromatic carbocycles. The summed E-state index contributed by atoms with van der Waals surface area (Å²) < 4.78 is 0. The van der Waals surface area contributed by atoms with Crippen LogP contribution in [0.1, 0.15) is 11.5 Å². The molecule has 88 valence electrons. The van der Waals surface area contributed by atoms with Gasteiger partial charge in [0.25, 0.3) is 0 Å². The van der Waals surface area contributed by atoms with Crippen molar-refractivity contribution in [2.24, 2.45) is 5.73 Å². The van der Waals surface area contributed by atoms with Gasteiger partial charge in [-0.15, -0.1) is 0 Å². The number of hydrogen-bond acceptors (Lipinski definition) is 5. The molecular formula is C11H19N5. The molecule has 5 heteroatoms. The molecule has 1 saturated heterocycles. The Balaban J connectivity index is 1.93. The fraction of sp³-hybridized carbons (Fsp3) is 0.636. The van der Waals surface area contributed by atoms with E-state index < -0.39 is 0 Å². The summed E-state index contributed by atoms with van der Waals surface area (Å²) >= 11 is 0. The van der Waals surface area contributed by atoms with Crippen LogP contribution in [0.25, 0.3) is 0 Å². The van der Waals surface area contributed by atoms with Gasteiger partial charge in [0.15, 0.2) is 0 Å². The Morgan fingerprint density at radius 1 is 1.31 bits per heavy atom. The number of piperazine rings is 1. The predicted molar refractivity (Wildman–Crippen MR) is 62.7 cm³/mol. The Bertz CT molecular complexity index is 333. The van der Waals surface area contributed by atoms with E-state index in [4.69, 9.17) is 5.73 Å². The first-order chi connectivity index (χ1) is 7.78. The molecule has 0 atom stereocenters. The Hall–Kier alpha value is -1.04. The summed E-state index contributed by atoms with van der Waals surface area (Å²) in [6.45, 7) is 5.74. The summed E-state index contributed by atoms with van der Waals surface area (Å²) in [5.74, 6) is 0.882. The molecule has 0 radical (unpaired) electrons. The SMILES string of the molecule is CN1CCN(Cc2nccc(CN)n2)CC1. The normalized spacial score (nSPS) is 18.9. The van der Waals surface area contributed by atoms with E-state index in [0.717, 1.165) is 44.2 Å². The second-order valence-electron chi connectivity index (χ2n) is 4.25. The second kappa shape index (κ2) is 5.34. The molecule has 0 amide bonds. The van der Waals surface area contributed by atoms with Gasteiger partial charge in [-0.3, -0.25) is 4.90 Å². The number of nitrogens with two attached hydrogens (primary N) is 1. The molecule has 16 heavy (non-hydrogen) atoms. The van der Waals surface area contributed by atoms with Crippen molar-refractivity contribution in [3.8, 4) is 0 Å². The molecule has 0 bridgehead atoms.